The summed E-state index contributed by atoms with van der Waals surface area (Å²) in [5.74, 6) is -1.08. The van der Waals surface area contributed by atoms with Gasteiger partial charge in [0.1, 0.15) is 5.82 Å². The van der Waals surface area contributed by atoms with Gasteiger partial charge < -0.3 is 10.1 Å². The van der Waals surface area contributed by atoms with E-state index in [-0.39, 0.29) is 5.56 Å². The van der Waals surface area contributed by atoms with Crippen molar-refractivity contribution in [3.8, 4) is 0 Å². The van der Waals surface area contributed by atoms with E-state index in [1.807, 2.05) is 0 Å². The first kappa shape index (κ1) is 11.9. The van der Waals surface area contributed by atoms with Crippen molar-refractivity contribution >= 4 is 17.5 Å². The first-order chi connectivity index (χ1) is 7.15. The van der Waals surface area contributed by atoms with Crippen LogP contribution >= 0.6 is 11.6 Å². The summed E-state index contributed by atoms with van der Waals surface area (Å²) < 4.78 is 17.9. The highest BCUT2D eigenvalue weighted by Crippen LogP contribution is 2.14. The van der Waals surface area contributed by atoms with Gasteiger partial charge in [-0.2, -0.15) is 0 Å². The van der Waals surface area contributed by atoms with Crippen molar-refractivity contribution in [1.82, 2.24) is 5.32 Å². The van der Waals surface area contributed by atoms with Gasteiger partial charge in [-0.25, -0.2) is 4.39 Å². The molecule has 0 aliphatic heterocycles. The summed E-state index contributed by atoms with van der Waals surface area (Å²) in [5.41, 5.74) is -0.0568. The summed E-state index contributed by atoms with van der Waals surface area (Å²) in [6.07, 6.45) is 0. The molecule has 0 saturated heterocycles. The Morgan fingerprint density at radius 2 is 2.33 bits per heavy atom. The number of carbonyl (C=O) groups is 1. The standard InChI is InChI=1S/C10H11ClFNO2/c1-15-5-4-13-10(14)8-6-7(11)2-3-9(8)12/h2-3,6H,4-5H2,1H3,(H,13,14). The molecule has 0 bridgehead atoms. The lowest BCUT2D eigenvalue weighted by Crippen LogP contribution is -2.27. The van der Waals surface area contributed by atoms with Crippen LogP contribution in [0.4, 0.5) is 4.39 Å². The molecule has 0 atom stereocenters. The molecule has 0 radical (unpaired) electrons. The summed E-state index contributed by atoms with van der Waals surface area (Å²) in [6, 6.07) is 3.84. The smallest absolute Gasteiger partial charge is 0.254 e. The Morgan fingerprint density at radius 3 is 3.00 bits per heavy atom. The second-order valence-corrected chi connectivity index (χ2v) is 3.31. The first-order valence-corrected chi connectivity index (χ1v) is 4.75. The highest BCUT2D eigenvalue weighted by Gasteiger charge is 2.11. The van der Waals surface area contributed by atoms with Crippen molar-refractivity contribution in [3.05, 3.63) is 34.6 Å². The van der Waals surface area contributed by atoms with E-state index in [2.05, 4.69) is 5.32 Å². The van der Waals surface area contributed by atoms with Crippen molar-refractivity contribution in [2.45, 2.75) is 0 Å². The lowest BCUT2D eigenvalue weighted by atomic mass is 10.2. The summed E-state index contributed by atoms with van der Waals surface area (Å²) in [7, 11) is 1.52. The molecule has 0 unspecified atom stereocenters. The molecule has 0 aromatic heterocycles. The average molecular weight is 232 g/mol. The highest BCUT2D eigenvalue weighted by molar-refractivity contribution is 6.30. The minimum atomic E-state index is -0.589. The lowest BCUT2D eigenvalue weighted by Gasteiger charge is -2.05. The third kappa shape index (κ3) is 3.49. The topological polar surface area (TPSA) is 38.3 Å². The first-order valence-electron chi connectivity index (χ1n) is 4.37. The fourth-order valence-corrected chi connectivity index (χ4v) is 1.21. The van der Waals surface area contributed by atoms with Crippen LogP contribution in [0.5, 0.6) is 0 Å². The fourth-order valence-electron chi connectivity index (χ4n) is 1.03. The van der Waals surface area contributed by atoms with Crippen molar-refractivity contribution in [3.63, 3.8) is 0 Å². The minimum Gasteiger partial charge on any atom is -0.383 e. The number of nitrogens with one attached hydrogen (secondary N) is 1. The van der Waals surface area contributed by atoms with E-state index in [4.69, 9.17) is 16.3 Å². The number of hydrogen-bond donors (Lipinski definition) is 1. The van der Waals surface area contributed by atoms with Gasteiger partial charge in [-0.1, -0.05) is 11.6 Å². The van der Waals surface area contributed by atoms with Gasteiger partial charge >= 0.3 is 0 Å². The predicted molar refractivity (Wildman–Crippen MR) is 55.6 cm³/mol. The van der Waals surface area contributed by atoms with Gasteiger partial charge in [-0.05, 0) is 18.2 Å². The van der Waals surface area contributed by atoms with E-state index in [1.54, 1.807) is 0 Å². The number of methoxy groups -OCH3 is 1. The zero-order valence-corrected chi connectivity index (χ0v) is 8.97. The quantitative estimate of drug-likeness (QED) is 0.804. The maximum absolute atomic E-state index is 13.2. The van der Waals surface area contributed by atoms with Gasteiger partial charge in [-0.15, -0.1) is 0 Å². The molecule has 5 heteroatoms. The number of amides is 1. The van der Waals surface area contributed by atoms with Crippen molar-refractivity contribution in [1.29, 1.82) is 0 Å². The largest absolute Gasteiger partial charge is 0.383 e. The average Bonchev–Trinajstić information content (AvgIpc) is 2.22. The van der Waals surface area contributed by atoms with E-state index in [0.717, 1.165) is 6.07 Å². The van der Waals surface area contributed by atoms with Crippen LogP contribution in [0.2, 0.25) is 5.02 Å². The zero-order chi connectivity index (χ0) is 11.3. The molecule has 0 aliphatic carbocycles. The fraction of sp³-hybridized carbons (Fsp3) is 0.300. The summed E-state index contributed by atoms with van der Waals surface area (Å²) in [4.78, 5) is 11.4. The number of halogens is 2. The van der Waals surface area contributed by atoms with Crippen LogP contribution < -0.4 is 5.32 Å². The third-order valence-corrected chi connectivity index (χ3v) is 2.00. The molecule has 82 valence electrons. The molecule has 0 saturated carbocycles. The van der Waals surface area contributed by atoms with E-state index in [9.17, 15) is 9.18 Å². The number of ether oxygens (including phenoxy) is 1. The van der Waals surface area contributed by atoms with Crippen LogP contribution in [0.1, 0.15) is 10.4 Å². The van der Waals surface area contributed by atoms with Gasteiger partial charge in [0, 0.05) is 18.7 Å². The molecule has 15 heavy (non-hydrogen) atoms. The highest BCUT2D eigenvalue weighted by atomic mass is 35.5. The second kappa shape index (κ2) is 5.68. The molecule has 1 N–H and O–H groups in total. The molecule has 0 fully saturated rings. The maximum Gasteiger partial charge on any atom is 0.254 e. The Kier molecular flexibility index (Phi) is 4.52. The molecule has 1 rings (SSSR count). The Labute approximate surface area is 92.2 Å². The molecule has 0 aliphatic rings. The van der Waals surface area contributed by atoms with Crippen molar-refractivity contribution in [2.24, 2.45) is 0 Å². The van der Waals surface area contributed by atoms with Crippen molar-refractivity contribution in [2.75, 3.05) is 20.3 Å². The van der Waals surface area contributed by atoms with Gasteiger partial charge in [0.05, 0.1) is 12.2 Å². The van der Waals surface area contributed by atoms with E-state index < -0.39 is 11.7 Å². The summed E-state index contributed by atoms with van der Waals surface area (Å²) in [6.45, 7) is 0.717. The molecule has 1 amide bonds. The number of carbonyl (C=O) groups excluding carboxylic acids is 1. The van der Waals surface area contributed by atoms with Crippen LogP contribution in [0.15, 0.2) is 18.2 Å². The number of benzene rings is 1. The molecule has 3 nitrogen and oxygen atoms in total. The van der Waals surface area contributed by atoms with Gasteiger partial charge in [0.25, 0.3) is 5.91 Å². The van der Waals surface area contributed by atoms with Crippen LogP contribution in [0, 0.1) is 5.82 Å². The maximum atomic E-state index is 13.2. The van der Waals surface area contributed by atoms with E-state index >= 15 is 0 Å². The Bertz CT molecular complexity index is 357. The summed E-state index contributed by atoms with van der Waals surface area (Å²) in [5, 5.41) is 2.83. The van der Waals surface area contributed by atoms with Crippen LogP contribution in [0.3, 0.4) is 0 Å². The predicted octanol–water partition coefficient (Wildman–Crippen LogP) is 1.86. The zero-order valence-electron chi connectivity index (χ0n) is 8.22. The Hall–Kier alpha value is -1.13. The van der Waals surface area contributed by atoms with Crippen molar-refractivity contribution < 1.29 is 13.9 Å². The van der Waals surface area contributed by atoms with Gasteiger partial charge in [0.2, 0.25) is 0 Å². The Balaban J connectivity index is 2.68. The summed E-state index contributed by atoms with van der Waals surface area (Å²) >= 11 is 5.65. The lowest BCUT2D eigenvalue weighted by molar-refractivity contribution is 0.0933. The monoisotopic (exact) mass is 231 g/mol. The molecule has 1 aromatic rings. The van der Waals surface area contributed by atoms with Crippen LogP contribution in [0.25, 0.3) is 0 Å². The van der Waals surface area contributed by atoms with Gasteiger partial charge in [0.15, 0.2) is 0 Å². The Morgan fingerprint density at radius 1 is 1.60 bits per heavy atom. The van der Waals surface area contributed by atoms with Crippen LogP contribution in [-0.2, 0) is 4.74 Å². The van der Waals surface area contributed by atoms with Gasteiger partial charge in [-0.3, -0.25) is 4.79 Å². The second-order valence-electron chi connectivity index (χ2n) is 2.87. The molecule has 1 aromatic carbocycles. The van der Waals surface area contributed by atoms with E-state index in [0.29, 0.717) is 18.2 Å². The molecular weight excluding hydrogens is 221 g/mol. The SMILES string of the molecule is COCCNC(=O)c1cc(Cl)ccc1F. The van der Waals surface area contributed by atoms with Crippen LogP contribution in [-0.4, -0.2) is 26.2 Å². The normalized spacial score (nSPS) is 10.1. The minimum absolute atomic E-state index is 0.0568. The molecule has 0 heterocycles. The molecule has 0 spiro atoms. The number of rotatable bonds is 4. The molecular formula is C10H11ClFNO2. The van der Waals surface area contributed by atoms with E-state index in [1.165, 1.54) is 19.2 Å². The third-order valence-electron chi connectivity index (χ3n) is 1.76. The number of hydrogen-bond acceptors (Lipinski definition) is 2.